The molecule has 0 radical (unpaired) electrons. The van der Waals surface area contributed by atoms with Crippen LogP contribution in [0, 0.1) is 0 Å². The molecular weight excluding hydrogens is 240 g/mol. The predicted molar refractivity (Wildman–Crippen MR) is 65.8 cm³/mol. The average Bonchev–Trinajstić information content (AvgIpc) is 2.81. The van der Waals surface area contributed by atoms with E-state index in [1.165, 1.54) is 0 Å². The van der Waals surface area contributed by atoms with E-state index in [0.29, 0.717) is 30.3 Å². The fourth-order valence-corrected chi connectivity index (χ4v) is 2.64. The normalized spacial score (nSPS) is 20.2. The number of carbonyl (C=O) groups is 1. The number of aryl methyl sites for hydroxylation is 1. The fraction of sp³-hybridized carbons (Fsp3) is 0.636. The molecule has 5 nitrogen and oxygen atoms in total. The maximum atomic E-state index is 12.3. The molecule has 0 bridgehead atoms. The van der Waals surface area contributed by atoms with E-state index in [0.717, 1.165) is 5.75 Å². The summed E-state index contributed by atoms with van der Waals surface area (Å²) < 4.78 is 12.3. The minimum atomic E-state index is -0.371. The molecule has 1 aliphatic rings. The minimum absolute atomic E-state index is 0.0339. The highest BCUT2D eigenvalue weighted by Gasteiger charge is 2.29. The number of ketones is 1. The van der Waals surface area contributed by atoms with Gasteiger partial charge in [-0.15, -0.1) is 0 Å². The minimum Gasteiger partial charge on any atom is -0.493 e. The summed E-state index contributed by atoms with van der Waals surface area (Å²) in [6, 6.07) is 0. The Morgan fingerprint density at radius 3 is 3.18 bits per heavy atom. The van der Waals surface area contributed by atoms with Gasteiger partial charge in [-0.2, -0.15) is 16.9 Å². The summed E-state index contributed by atoms with van der Waals surface area (Å²) in [6.45, 7) is 3.22. The smallest absolute Gasteiger partial charge is 0.214 e. The van der Waals surface area contributed by atoms with Gasteiger partial charge in [0.25, 0.3) is 0 Å². The SMILES string of the molecule is CCn1ncc(OC)c1C(=O)C1CSCCO1. The topological polar surface area (TPSA) is 53.4 Å². The molecule has 1 fully saturated rings. The molecule has 1 aromatic rings. The van der Waals surface area contributed by atoms with Crippen LogP contribution in [0.5, 0.6) is 5.75 Å². The zero-order valence-corrected chi connectivity index (χ0v) is 10.8. The lowest BCUT2D eigenvalue weighted by atomic mass is 10.1. The number of Topliss-reactive ketones (excluding diaryl/α,β-unsaturated/α-hetero) is 1. The molecule has 1 aromatic heterocycles. The third-order valence-electron chi connectivity index (χ3n) is 2.67. The van der Waals surface area contributed by atoms with Gasteiger partial charge in [0.1, 0.15) is 11.8 Å². The molecule has 6 heteroatoms. The van der Waals surface area contributed by atoms with E-state index in [-0.39, 0.29) is 11.9 Å². The first-order valence-electron chi connectivity index (χ1n) is 5.61. The van der Waals surface area contributed by atoms with Gasteiger partial charge >= 0.3 is 0 Å². The van der Waals surface area contributed by atoms with Crippen molar-refractivity contribution in [3.63, 3.8) is 0 Å². The van der Waals surface area contributed by atoms with E-state index in [1.807, 2.05) is 6.92 Å². The number of aromatic nitrogens is 2. The summed E-state index contributed by atoms with van der Waals surface area (Å²) in [5.41, 5.74) is 0.516. The Labute approximate surface area is 104 Å². The molecule has 0 aromatic carbocycles. The van der Waals surface area contributed by atoms with Gasteiger partial charge in [0.2, 0.25) is 5.78 Å². The van der Waals surface area contributed by atoms with E-state index in [1.54, 1.807) is 29.8 Å². The molecule has 2 rings (SSSR count). The van der Waals surface area contributed by atoms with Crippen LogP contribution in [0.4, 0.5) is 0 Å². The lowest BCUT2D eigenvalue weighted by Gasteiger charge is -2.21. The second kappa shape index (κ2) is 5.55. The fourth-order valence-electron chi connectivity index (χ4n) is 1.80. The van der Waals surface area contributed by atoms with Crippen LogP contribution >= 0.6 is 11.8 Å². The lowest BCUT2D eigenvalue weighted by molar-refractivity contribution is 0.0506. The van der Waals surface area contributed by atoms with E-state index < -0.39 is 0 Å². The van der Waals surface area contributed by atoms with Gasteiger partial charge in [-0.05, 0) is 6.92 Å². The highest BCUT2D eigenvalue weighted by molar-refractivity contribution is 7.99. The summed E-state index contributed by atoms with van der Waals surface area (Å²) in [5.74, 6) is 2.15. The molecule has 94 valence electrons. The highest BCUT2D eigenvalue weighted by Crippen LogP contribution is 2.23. The molecule has 1 atom stereocenters. The Morgan fingerprint density at radius 1 is 1.76 bits per heavy atom. The van der Waals surface area contributed by atoms with Crippen molar-refractivity contribution in [3.8, 4) is 5.75 Å². The first-order chi connectivity index (χ1) is 8.27. The van der Waals surface area contributed by atoms with Gasteiger partial charge in [-0.3, -0.25) is 9.48 Å². The van der Waals surface area contributed by atoms with Crippen LogP contribution in [-0.4, -0.2) is 46.9 Å². The number of rotatable bonds is 4. The third-order valence-corrected chi connectivity index (χ3v) is 3.66. The molecule has 1 saturated heterocycles. The molecule has 2 heterocycles. The van der Waals surface area contributed by atoms with Crippen LogP contribution in [0.25, 0.3) is 0 Å². The van der Waals surface area contributed by atoms with Crippen LogP contribution in [0.1, 0.15) is 17.4 Å². The molecule has 0 N–H and O–H groups in total. The van der Waals surface area contributed by atoms with E-state index in [9.17, 15) is 4.79 Å². The quantitative estimate of drug-likeness (QED) is 0.758. The van der Waals surface area contributed by atoms with Crippen molar-refractivity contribution in [2.24, 2.45) is 0 Å². The number of hydrogen-bond donors (Lipinski definition) is 0. The van der Waals surface area contributed by atoms with Crippen molar-refractivity contribution in [1.29, 1.82) is 0 Å². The number of methoxy groups -OCH3 is 1. The molecule has 17 heavy (non-hydrogen) atoms. The molecule has 0 spiro atoms. The second-order valence-corrected chi connectivity index (χ2v) is 4.83. The Morgan fingerprint density at radius 2 is 2.59 bits per heavy atom. The lowest BCUT2D eigenvalue weighted by Crippen LogP contribution is -2.33. The molecule has 0 aliphatic carbocycles. The number of ether oxygens (including phenoxy) is 2. The largest absolute Gasteiger partial charge is 0.493 e. The monoisotopic (exact) mass is 256 g/mol. The third kappa shape index (κ3) is 2.47. The van der Waals surface area contributed by atoms with Crippen LogP contribution in [0.3, 0.4) is 0 Å². The summed E-state index contributed by atoms with van der Waals surface area (Å²) in [5, 5.41) is 4.13. The van der Waals surface area contributed by atoms with E-state index >= 15 is 0 Å². The maximum absolute atomic E-state index is 12.3. The highest BCUT2D eigenvalue weighted by atomic mass is 32.2. The molecular formula is C11H16N2O3S. The number of hydrogen-bond acceptors (Lipinski definition) is 5. The molecule has 0 saturated carbocycles. The first kappa shape index (κ1) is 12.4. The van der Waals surface area contributed by atoms with Gasteiger partial charge in [0.05, 0.1) is 19.9 Å². The Kier molecular flexibility index (Phi) is 4.06. The zero-order valence-electron chi connectivity index (χ0n) is 10.0. The van der Waals surface area contributed by atoms with Crippen molar-refractivity contribution in [2.75, 3.05) is 25.2 Å². The molecule has 1 aliphatic heterocycles. The summed E-state index contributed by atoms with van der Waals surface area (Å²) in [4.78, 5) is 12.3. The second-order valence-electron chi connectivity index (χ2n) is 3.68. The van der Waals surface area contributed by atoms with Crippen LogP contribution in [0.2, 0.25) is 0 Å². The van der Waals surface area contributed by atoms with Gasteiger partial charge in [-0.1, -0.05) is 0 Å². The van der Waals surface area contributed by atoms with E-state index in [2.05, 4.69) is 5.10 Å². The standard InChI is InChI=1S/C11H16N2O3S/c1-3-13-10(8(15-2)6-12-13)11(14)9-7-17-5-4-16-9/h6,9H,3-5,7H2,1-2H3. The van der Waals surface area contributed by atoms with Crippen molar-refractivity contribution in [2.45, 2.75) is 19.6 Å². The number of thioether (sulfide) groups is 1. The maximum Gasteiger partial charge on any atom is 0.214 e. The number of nitrogens with zero attached hydrogens (tertiary/aromatic N) is 2. The predicted octanol–water partition coefficient (Wildman–Crippen LogP) is 1.23. The van der Waals surface area contributed by atoms with Gasteiger partial charge in [0, 0.05) is 18.1 Å². The zero-order chi connectivity index (χ0) is 12.3. The molecule has 1 unspecified atom stereocenters. The van der Waals surface area contributed by atoms with Crippen LogP contribution in [0.15, 0.2) is 6.20 Å². The van der Waals surface area contributed by atoms with Gasteiger partial charge in [-0.25, -0.2) is 0 Å². The van der Waals surface area contributed by atoms with Crippen molar-refractivity contribution >= 4 is 17.5 Å². The van der Waals surface area contributed by atoms with Gasteiger partial charge in [0.15, 0.2) is 5.75 Å². The van der Waals surface area contributed by atoms with Crippen molar-refractivity contribution in [3.05, 3.63) is 11.9 Å². The summed E-state index contributed by atoms with van der Waals surface area (Å²) in [7, 11) is 1.55. The van der Waals surface area contributed by atoms with Crippen molar-refractivity contribution < 1.29 is 14.3 Å². The molecule has 0 amide bonds. The summed E-state index contributed by atoms with van der Waals surface area (Å²) >= 11 is 1.74. The summed E-state index contributed by atoms with van der Waals surface area (Å²) in [6.07, 6.45) is 1.21. The van der Waals surface area contributed by atoms with Gasteiger partial charge < -0.3 is 9.47 Å². The van der Waals surface area contributed by atoms with Crippen molar-refractivity contribution in [1.82, 2.24) is 9.78 Å². The Hall–Kier alpha value is -1.01. The van der Waals surface area contributed by atoms with E-state index in [4.69, 9.17) is 9.47 Å². The van der Waals surface area contributed by atoms with Crippen LogP contribution < -0.4 is 4.74 Å². The Balaban J connectivity index is 2.24. The first-order valence-corrected chi connectivity index (χ1v) is 6.76. The Bertz CT molecular complexity index is 378. The number of carbonyl (C=O) groups excluding carboxylic acids is 1. The van der Waals surface area contributed by atoms with Crippen LogP contribution in [-0.2, 0) is 11.3 Å². The average molecular weight is 256 g/mol.